The summed E-state index contributed by atoms with van der Waals surface area (Å²) in [6, 6.07) is 0. The van der Waals surface area contributed by atoms with Gasteiger partial charge in [0.05, 0.1) is 92.0 Å². The molecule has 8 nitrogen and oxygen atoms in total. The van der Waals surface area contributed by atoms with Gasteiger partial charge in [-0.1, -0.05) is 90.4 Å². The Morgan fingerprint density at radius 2 is 0.769 bits per heavy atom. The van der Waals surface area contributed by atoms with Crippen LogP contribution in [0.5, 0.6) is 0 Å². The zero-order valence-electron chi connectivity index (χ0n) is 25.7. The van der Waals surface area contributed by atoms with E-state index in [2.05, 4.69) is 6.92 Å². The van der Waals surface area contributed by atoms with E-state index in [0.717, 1.165) is 13.0 Å². The van der Waals surface area contributed by atoms with Crippen LogP contribution in [0.2, 0.25) is 0 Å². The van der Waals surface area contributed by atoms with Gasteiger partial charge >= 0.3 is 0 Å². The van der Waals surface area contributed by atoms with Gasteiger partial charge in [0.15, 0.2) is 0 Å². The van der Waals surface area contributed by atoms with Crippen LogP contribution >= 0.6 is 0 Å². The third-order valence-corrected chi connectivity index (χ3v) is 6.35. The molecule has 8 heteroatoms. The first-order chi connectivity index (χ1) is 19.3. The molecule has 1 unspecified atom stereocenters. The number of hydrogen-bond acceptors (Lipinski definition) is 8. The summed E-state index contributed by atoms with van der Waals surface area (Å²) in [6.07, 6.45) is 19.4. The molecule has 0 fully saturated rings. The second kappa shape index (κ2) is 35.7. The van der Waals surface area contributed by atoms with Crippen LogP contribution in [0, 0.1) is 0 Å². The van der Waals surface area contributed by atoms with E-state index in [-0.39, 0.29) is 12.7 Å². The van der Waals surface area contributed by atoms with Crippen LogP contribution in [-0.4, -0.2) is 104 Å². The van der Waals surface area contributed by atoms with Crippen molar-refractivity contribution < 1.29 is 38.3 Å². The van der Waals surface area contributed by atoms with Gasteiger partial charge in [0.25, 0.3) is 0 Å². The Labute approximate surface area is 240 Å². The lowest BCUT2D eigenvalue weighted by Gasteiger charge is -2.13. The number of rotatable bonds is 35. The van der Waals surface area contributed by atoms with E-state index in [0.29, 0.717) is 79.3 Å². The van der Waals surface area contributed by atoms with Crippen molar-refractivity contribution in [3.8, 4) is 0 Å². The number of unbranched alkanes of at least 4 members (excludes halogenated alkanes) is 13. The average molecular weight is 565 g/mol. The summed E-state index contributed by atoms with van der Waals surface area (Å²) in [5, 5.41) is 8.58. The Bertz CT molecular complexity index is 427. The number of aliphatic hydroxyl groups excluding tert-OH is 1. The first-order valence-corrected chi connectivity index (χ1v) is 16.0. The highest BCUT2D eigenvalue weighted by Gasteiger charge is 2.02. The van der Waals surface area contributed by atoms with Gasteiger partial charge in [0.1, 0.15) is 0 Å². The molecule has 0 aromatic heterocycles. The molecule has 0 heterocycles. The molecule has 0 saturated heterocycles. The monoisotopic (exact) mass is 564 g/mol. The van der Waals surface area contributed by atoms with Crippen LogP contribution in [0.1, 0.15) is 104 Å². The van der Waals surface area contributed by atoms with Gasteiger partial charge in [-0.2, -0.15) is 0 Å². The molecule has 39 heavy (non-hydrogen) atoms. The fraction of sp³-hybridized carbons (Fsp3) is 1.00. The van der Waals surface area contributed by atoms with Crippen molar-refractivity contribution in [2.75, 3.05) is 92.5 Å². The van der Waals surface area contributed by atoms with Crippen molar-refractivity contribution >= 4 is 0 Å². The van der Waals surface area contributed by atoms with Crippen molar-refractivity contribution in [2.24, 2.45) is 0 Å². The predicted octanol–water partition coefficient (Wildman–Crippen LogP) is 5.96. The summed E-state index contributed by atoms with van der Waals surface area (Å²) in [6.45, 7) is 11.5. The number of aliphatic hydroxyl groups is 1. The zero-order valence-corrected chi connectivity index (χ0v) is 25.7. The molecule has 1 N–H and O–H groups in total. The zero-order chi connectivity index (χ0) is 28.3. The van der Waals surface area contributed by atoms with Crippen LogP contribution in [0.3, 0.4) is 0 Å². The molecule has 0 aliphatic heterocycles. The van der Waals surface area contributed by atoms with Crippen LogP contribution in [0.25, 0.3) is 0 Å². The minimum Gasteiger partial charge on any atom is -0.394 e. The van der Waals surface area contributed by atoms with Crippen molar-refractivity contribution in [1.29, 1.82) is 0 Å². The van der Waals surface area contributed by atoms with Crippen molar-refractivity contribution in [1.82, 2.24) is 0 Å². The average Bonchev–Trinajstić information content (AvgIpc) is 2.94. The summed E-state index contributed by atoms with van der Waals surface area (Å²) < 4.78 is 38.4. The van der Waals surface area contributed by atoms with E-state index in [1.807, 2.05) is 6.92 Å². The van der Waals surface area contributed by atoms with E-state index in [1.54, 1.807) is 0 Å². The second-order valence-corrected chi connectivity index (χ2v) is 10.1. The maximum atomic E-state index is 8.58. The molecule has 0 aliphatic rings. The summed E-state index contributed by atoms with van der Waals surface area (Å²) in [4.78, 5) is 0. The van der Waals surface area contributed by atoms with Crippen molar-refractivity contribution in [3.05, 3.63) is 0 Å². The van der Waals surface area contributed by atoms with Gasteiger partial charge in [0, 0.05) is 6.61 Å². The Morgan fingerprint density at radius 1 is 0.410 bits per heavy atom. The van der Waals surface area contributed by atoms with E-state index in [1.165, 1.54) is 83.5 Å². The number of hydrogen-bond donors (Lipinski definition) is 1. The van der Waals surface area contributed by atoms with Crippen LogP contribution in [-0.2, 0) is 33.2 Å². The van der Waals surface area contributed by atoms with E-state index in [4.69, 9.17) is 38.3 Å². The maximum Gasteiger partial charge on any atom is 0.0781 e. The summed E-state index contributed by atoms with van der Waals surface area (Å²) in [7, 11) is 0. The Morgan fingerprint density at radius 3 is 1.18 bits per heavy atom. The Kier molecular flexibility index (Phi) is 35.4. The largest absolute Gasteiger partial charge is 0.394 e. The van der Waals surface area contributed by atoms with Crippen LogP contribution < -0.4 is 0 Å². The summed E-state index contributed by atoms with van der Waals surface area (Å²) >= 11 is 0. The smallest absolute Gasteiger partial charge is 0.0781 e. The standard InChI is InChI=1S/C31H64O8/c1-3-4-5-6-7-8-9-10-11-12-13-14-15-16-18-38-30-31(2)39-29-28-37-27-26-36-25-24-35-23-22-34-21-20-33-19-17-32/h31-32H,3-30H2,1-2H3. The van der Waals surface area contributed by atoms with Crippen LogP contribution in [0.15, 0.2) is 0 Å². The van der Waals surface area contributed by atoms with Gasteiger partial charge in [-0.3, -0.25) is 0 Å². The molecule has 0 rings (SSSR count). The topological polar surface area (TPSA) is 84.8 Å². The van der Waals surface area contributed by atoms with Gasteiger partial charge in [-0.15, -0.1) is 0 Å². The molecule has 0 saturated carbocycles. The third-order valence-electron chi connectivity index (χ3n) is 6.35. The molecule has 0 spiro atoms. The van der Waals surface area contributed by atoms with Crippen LogP contribution in [0.4, 0.5) is 0 Å². The molecule has 0 aromatic carbocycles. The minimum atomic E-state index is 0.0379. The fourth-order valence-corrected chi connectivity index (χ4v) is 4.05. The highest BCUT2D eigenvalue weighted by molar-refractivity contribution is 4.51. The highest BCUT2D eigenvalue weighted by atomic mass is 16.6. The SMILES string of the molecule is CCCCCCCCCCCCCCCCOCC(C)OCCOCCOCCOCCOCCOCCO. The summed E-state index contributed by atoms with van der Waals surface area (Å²) in [5.74, 6) is 0. The van der Waals surface area contributed by atoms with Crippen molar-refractivity contribution in [3.63, 3.8) is 0 Å². The van der Waals surface area contributed by atoms with Gasteiger partial charge in [-0.05, 0) is 13.3 Å². The lowest BCUT2D eigenvalue weighted by atomic mass is 10.0. The molecule has 1 atom stereocenters. The molecule has 0 radical (unpaired) electrons. The fourth-order valence-electron chi connectivity index (χ4n) is 4.05. The molecule has 0 amide bonds. The molecule has 0 aromatic rings. The quantitative estimate of drug-likeness (QED) is 0.0944. The lowest BCUT2D eigenvalue weighted by molar-refractivity contribution is -0.0412. The molecule has 0 aliphatic carbocycles. The molecular formula is C31H64O8. The molecule has 236 valence electrons. The molecule has 0 bridgehead atoms. The normalized spacial score (nSPS) is 12.4. The van der Waals surface area contributed by atoms with Gasteiger partial charge in [-0.25, -0.2) is 0 Å². The lowest BCUT2D eigenvalue weighted by Crippen LogP contribution is -2.19. The van der Waals surface area contributed by atoms with Gasteiger partial charge < -0.3 is 38.3 Å². The maximum absolute atomic E-state index is 8.58. The third kappa shape index (κ3) is 35.7. The summed E-state index contributed by atoms with van der Waals surface area (Å²) in [5.41, 5.74) is 0. The first kappa shape index (κ1) is 38.7. The van der Waals surface area contributed by atoms with Crippen molar-refractivity contribution in [2.45, 2.75) is 110 Å². The van der Waals surface area contributed by atoms with Gasteiger partial charge in [0.2, 0.25) is 0 Å². The minimum absolute atomic E-state index is 0.0379. The Hall–Kier alpha value is -0.320. The second-order valence-electron chi connectivity index (χ2n) is 10.1. The van der Waals surface area contributed by atoms with E-state index >= 15 is 0 Å². The first-order valence-electron chi connectivity index (χ1n) is 16.0. The Balaban J connectivity index is 3.13. The predicted molar refractivity (Wildman–Crippen MR) is 158 cm³/mol. The number of ether oxygens (including phenoxy) is 7. The van der Waals surface area contributed by atoms with E-state index in [9.17, 15) is 0 Å². The molecular weight excluding hydrogens is 500 g/mol. The highest BCUT2D eigenvalue weighted by Crippen LogP contribution is 2.13. The van der Waals surface area contributed by atoms with E-state index < -0.39 is 0 Å².